The third kappa shape index (κ3) is 3.93. The molecule has 0 saturated carbocycles. The van der Waals surface area contributed by atoms with Crippen molar-refractivity contribution in [3.05, 3.63) is 64.4 Å². The molecule has 0 atom stereocenters. The van der Waals surface area contributed by atoms with Crippen LogP contribution in [0.1, 0.15) is 5.56 Å². The van der Waals surface area contributed by atoms with E-state index in [4.69, 9.17) is 4.74 Å². The Hall–Kier alpha value is -3.53. The lowest BCUT2D eigenvalue weighted by molar-refractivity contribution is -0.117. The largest absolute Gasteiger partial charge is 0.494 e. The van der Waals surface area contributed by atoms with E-state index in [2.05, 4.69) is 5.32 Å². The summed E-state index contributed by atoms with van der Waals surface area (Å²) >= 11 is 0. The van der Waals surface area contributed by atoms with E-state index in [1.807, 2.05) is 35.1 Å². The zero-order valence-corrected chi connectivity index (χ0v) is 17.9. The van der Waals surface area contributed by atoms with Crippen LogP contribution in [0.3, 0.4) is 0 Å². The van der Waals surface area contributed by atoms with Crippen LogP contribution in [0.15, 0.2) is 53.3 Å². The molecule has 1 amide bonds. The standard InChI is InChI=1S/C21H22N4O5S/c1-24-17-12-19(30-2)18(25-13-20(26)23-31(25,28)29)11-15(17)10-16(21(24)27)22-9-8-14-6-4-3-5-7-14/h3-7,10-12,22H,8-9,13H2,1-2H3,(H,23,26). The van der Waals surface area contributed by atoms with E-state index in [0.717, 1.165) is 16.3 Å². The van der Waals surface area contributed by atoms with Gasteiger partial charge in [0.05, 0.1) is 18.3 Å². The first-order valence-corrected chi connectivity index (χ1v) is 11.1. The number of benzene rings is 2. The molecule has 1 saturated heterocycles. The number of aryl methyl sites for hydroxylation is 1. The van der Waals surface area contributed by atoms with Gasteiger partial charge in [-0.25, -0.2) is 9.03 Å². The van der Waals surface area contributed by atoms with E-state index in [0.29, 0.717) is 23.1 Å². The Labute approximate surface area is 179 Å². The summed E-state index contributed by atoms with van der Waals surface area (Å²) < 4.78 is 34.4. The molecule has 0 spiro atoms. The van der Waals surface area contributed by atoms with E-state index >= 15 is 0 Å². The number of methoxy groups -OCH3 is 1. The summed E-state index contributed by atoms with van der Waals surface area (Å²) in [6.45, 7) is 0.227. The highest BCUT2D eigenvalue weighted by Crippen LogP contribution is 2.35. The molecule has 1 aliphatic heterocycles. The molecule has 2 aromatic carbocycles. The second-order valence-corrected chi connectivity index (χ2v) is 8.80. The molecule has 0 unspecified atom stereocenters. The van der Waals surface area contributed by atoms with Crippen LogP contribution in [0, 0.1) is 0 Å². The van der Waals surface area contributed by atoms with Gasteiger partial charge >= 0.3 is 10.2 Å². The van der Waals surface area contributed by atoms with Gasteiger partial charge in [-0.05, 0) is 24.1 Å². The van der Waals surface area contributed by atoms with E-state index in [1.54, 1.807) is 25.2 Å². The Morgan fingerprint density at radius 2 is 1.87 bits per heavy atom. The normalized spacial score (nSPS) is 15.2. The molecule has 2 N–H and O–H groups in total. The van der Waals surface area contributed by atoms with Gasteiger partial charge in [0.25, 0.3) is 11.5 Å². The highest BCUT2D eigenvalue weighted by Gasteiger charge is 2.36. The fourth-order valence-electron chi connectivity index (χ4n) is 3.62. The molecule has 162 valence electrons. The van der Waals surface area contributed by atoms with Crippen LogP contribution < -0.4 is 24.6 Å². The summed E-state index contributed by atoms with van der Waals surface area (Å²) in [5.41, 5.74) is 2.15. The second-order valence-electron chi connectivity index (χ2n) is 7.20. The summed E-state index contributed by atoms with van der Waals surface area (Å²) in [7, 11) is -0.948. The highest BCUT2D eigenvalue weighted by molar-refractivity contribution is 7.92. The molecule has 31 heavy (non-hydrogen) atoms. The first-order chi connectivity index (χ1) is 14.8. The number of nitrogens with one attached hydrogen (secondary N) is 2. The number of hydrogen-bond donors (Lipinski definition) is 2. The van der Waals surface area contributed by atoms with Crippen molar-refractivity contribution in [3.63, 3.8) is 0 Å². The van der Waals surface area contributed by atoms with Gasteiger partial charge in [0, 0.05) is 25.0 Å². The van der Waals surface area contributed by atoms with Gasteiger partial charge in [-0.1, -0.05) is 30.3 Å². The first kappa shape index (κ1) is 20.7. The molecule has 1 aromatic heterocycles. The SMILES string of the molecule is COc1cc2c(cc1N1CC(=O)NS1(=O)=O)cc(NCCc1ccccc1)c(=O)n2C. The Morgan fingerprint density at radius 1 is 1.13 bits per heavy atom. The van der Waals surface area contributed by atoms with Crippen LogP contribution in [0.2, 0.25) is 0 Å². The molecule has 0 bridgehead atoms. The number of carbonyl (C=O) groups is 1. The maximum Gasteiger partial charge on any atom is 0.326 e. The van der Waals surface area contributed by atoms with Crippen LogP contribution in [-0.4, -0.2) is 39.1 Å². The number of nitrogens with zero attached hydrogens (tertiary/aromatic N) is 2. The van der Waals surface area contributed by atoms with Crippen molar-refractivity contribution in [1.82, 2.24) is 9.29 Å². The number of ether oxygens (including phenoxy) is 1. The third-order valence-corrected chi connectivity index (χ3v) is 6.58. The monoisotopic (exact) mass is 442 g/mol. The molecular formula is C21H22N4O5S. The Bertz CT molecular complexity index is 1320. The van der Waals surface area contributed by atoms with Gasteiger partial charge in [0.15, 0.2) is 0 Å². The molecular weight excluding hydrogens is 420 g/mol. The summed E-state index contributed by atoms with van der Waals surface area (Å²) in [5.74, 6) is -0.377. The minimum atomic E-state index is -3.99. The average molecular weight is 442 g/mol. The molecule has 2 heterocycles. The molecule has 1 fully saturated rings. The molecule has 4 rings (SSSR count). The summed E-state index contributed by atoms with van der Waals surface area (Å²) in [4.78, 5) is 24.5. The molecule has 10 heteroatoms. The van der Waals surface area contributed by atoms with Crippen molar-refractivity contribution in [3.8, 4) is 5.75 Å². The molecule has 9 nitrogen and oxygen atoms in total. The highest BCUT2D eigenvalue weighted by atomic mass is 32.2. The Morgan fingerprint density at radius 3 is 2.52 bits per heavy atom. The van der Waals surface area contributed by atoms with E-state index < -0.39 is 16.1 Å². The van der Waals surface area contributed by atoms with Gasteiger partial charge in [-0.15, -0.1) is 0 Å². The minimum absolute atomic E-state index is 0.207. The van der Waals surface area contributed by atoms with Crippen molar-refractivity contribution in [2.75, 3.05) is 29.8 Å². The Kier molecular flexibility index (Phi) is 5.32. The van der Waals surface area contributed by atoms with Crippen molar-refractivity contribution in [1.29, 1.82) is 0 Å². The maximum atomic E-state index is 12.8. The van der Waals surface area contributed by atoms with Crippen molar-refractivity contribution < 1.29 is 17.9 Å². The van der Waals surface area contributed by atoms with E-state index in [-0.39, 0.29) is 23.5 Å². The number of hydrogen-bond acceptors (Lipinski definition) is 6. The predicted octanol–water partition coefficient (Wildman–Crippen LogP) is 1.38. The van der Waals surface area contributed by atoms with Crippen LogP contribution >= 0.6 is 0 Å². The zero-order chi connectivity index (χ0) is 22.2. The van der Waals surface area contributed by atoms with Crippen molar-refractivity contribution in [2.45, 2.75) is 6.42 Å². The lowest BCUT2D eigenvalue weighted by atomic mass is 10.1. The first-order valence-electron chi connectivity index (χ1n) is 9.63. The molecule has 0 radical (unpaired) electrons. The number of amides is 1. The van der Waals surface area contributed by atoms with Crippen LogP contribution in [0.4, 0.5) is 11.4 Å². The van der Waals surface area contributed by atoms with E-state index in [1.165, 1.54) is 11.7 Å². The lowest BCUT2D eigenvalue weighted by Gasteiger charge is -2.20. The minimum Gasteiger partial charge on any atom is -0.494 e. The van der Waals surface area contributed by atoms with Gasteiger partial charge in [0.1, 0.15) is 18.0 Å². The van der Waals surface area contributed by atoms with Crippen LogP contribution in [0.5, 0.6) is 5.75 Å². The summed E-state index contributed by atoms with van der Waals surface area (Å²) in [6.07, 6.45) is 0.746. The summed E-state index contributed by atoms with van der Waals surface area (Å²) in [5, 5.41) is 3.81. The van der Waals surface area contributed by atoms with Crippen LogP contribution in [0.25, 0.3) is 10.9 Å². The fourth-order valence-corrected chi connectivity index (χ4v) is 4.77. The van der Waals surface area contributed by atoms with Gasteiger partial charge in [-0.3, -0.25) is 9.59 Å². The number of carbonyl (C=O) groups excluding carboxylic acids is 1. The smallest absolute Gasteiger partial charge is 0.326 e. The maximum absolute atomic E-state index is 12.8. The topological polar surface area (TPSA) is 110 Å². The molecule has 1 aliphatic rings. The number of pyridine rings is 1. The van der Waals surface area contributed by atoms with Crippen LogP contribution in [-0.2, 0) is 28.5 Å². The lowest BCUT2D eigenvalue weighted by Crippen LogP contribution is -2.30. The number of anilines is 2. The fraction of sp³-hybridized carbons (Fsp3) is 0.238. The summed E-state index contributed by atoms with van der Waals surface area (Å²) in [6, 6.07) is 14.8. The van der Waals surface area contributed by atoms with Gasteiger partial charge < -0.3 is 14.6 Å². The average Bonchev–Trinajstić information content (AvgIpc) is 3.03. The van der Waals surface area contributed by atoms with Gasteiger partial charge in [0.2, 0.25) is 0 Å². The molecule has 3 aromatic rings. The number of fused-ring (bicyclic) bond motifs is 1. The van der Waals surface area contributed by atoms with Gasteiger partial charge in [-0.2, -0.15) is 8.42 Å². The number of rotatable bonds is 6. The predicted molar refractivity (Wildman–Crippen MR) is 119 cm³/mol. The zero-order valence-electron chi connectivity index (χ0n) is 17.1. The van der Waals surface area contributed by atoms with E-state index in [9.17, 15) is 18.0 Å². The van der Waals surface area contributed by atoms with Crippen molar-refractivity contribution in [2.24, 2.45) is 7.05 Å². The number of aromatic nitrogens is 1. The molecule has 0 aliphatic carbocycles. The second kappa shape index (κ2) is 7.95. The quantitative estimate of drug-likeness (QED) is 0.597. The Balaban J connectivity index is 1.72. The van der Waals surface area contributed by atoms with Crippen molar-refractivity contribution >= 4 is 38.4 Å². The third-order valence-electron chi connectivity index (χ3n) is 5.19.